The van der Waals surface area contributed by atoms with Crippen LogP contribution in [-0.2, 0) is 4.79 Å². The van der Waals surface area contributed by atoms with E-state index in [1.807, 2.05) is 19.0 Å². The minimum Gasteiger partial charge on any atom is -0.480 e. The monoisotopic (exact) mass is 324 g/mol. The Morgan fingerprint density at radius 3 is 2.78 bits per heavy atom. The molecule has 1 saturated heterocycles. The van der Waals surface area contributed by atoms with Gasteiger partial charge in [0.2, 0.25) is 0 Å². The van der Waals surface area contributed by atoms with Crippen LogP contribution in [0.3, 0.4) is 0 Å². The van der Waals surface area contributed by atoms with E-state index in [1.165, 1.54) is 6.07 Å². The predicted molar refractivity (Wildman–Crippen MR) is 82.3 cm³/mol. The Hall–Kier alpha value is -2.03. The molecule has 3 atom stereocenters. The average molecular weight is 324 g/mol. The fourth-order valence-corrected chi connectivity index (χ4v) is 2.57. The third-order valence-corrected chi connectivity index (χ3v) is 4.16. The van der Waals surface area contributed by atoms with E-state index in [0.717, 1.165) is 11.6 Å². The van der Waals surface area contributed by atoms with Crippen molar-refractivity contribution < 1.29 is 19.1 Å². The van der Waals surface area contributed by atoms with E-state index in [4.69, 9.17) is 10.8 Å². The lowest BCUT2D eigenvalue weighted by atomic mass is 9.92. The molecule has 0 radical (unpaired) electrons. The van der Waals surface area contributed by atoms with Crippen LogP contribution < -0.4 is 16.5 Å². The molecule has 2 unspecified atom stereocenters. The molecule has 0 saturated carbocycles. The molecule has 0 spiro atoms. The number of hydrogen-bond donors (Lipinski definition) is 4. The van der Waals surface area contributed by atoms with E-state index in [9.17, 15) is 14.0 Å². The van der Waals surface area contributed by atoms with Crippen molar-refractivity contribution in [2.24, 2.45) is 5.73 Å². The molecule has 1 fully saturated rings. The van der Waals surface area contributed by atoms with E-state index in [-0.39, 0.29) is 24.1 Å². The Balaban J connectivity index is 2.14. The van der Waals surface area contributed by atoms with E-state index in [0.29, 0.717) is 6.54 Å². The first-order chi connectivity index (χ1) is 10.8. The molecule has 1 aliphatic rings. The summed E-state index contributed by atoms with van der Waals surface area (Å²) >= 11 is 0. The predicted octanol–water partition coefficient (Wildman–Crippen LogP) is -0.110. The fraction of sp³-hybridized carbons (Fsp3) is 0.467. The van der Waals surface area contributed by atoms with Gasteiger partial charge in [-0.2, -0.15) is 0 Å². The van der Waals surface area contributed by atoms with Gasteiger partial charge in [0, 0.05) is 37.7 Å². The number of carbonyl (C=O) groups excluding carboxylic acids is 1. The largest absolute Gasteiger partial charge is 0.480 e. The minimum atomic E-state index is -1.21. The number of carboxylic acids is 1. The molecule has 1 aromatic rings. The molecule has 1 amide bonds. The first-order valence-electron chi connectivity index (χ1n) is 7.33. The standard InChI is InChI=1S/C15H21FN4O3/c1-8-12(6-19-20(8)2)9-3-10(5-11(16)4-9)14(21)18-7-13(17)15(22)23/h3-5,8,12-13,19H,6-7,17H2,1-2H3,(H,18,21)(H,22,23)/t8?,12?,13-/m1/s1. The van der Waals surface area contributed by atoms with Crippen LogP contribution in [0.2, 0.25) is 0 Å². The molecule has 0 bridgehead atoms. The lowest BCUT2D eigenvalue weighted by Gasteiger charge is -2.20. The maximum absolute atomic E-state index is 13.9. The van der Waals surface area contributed by atoms with Crippen LogP contribution in [0, 0.1) is 5.82 Å². The molecule has 8 heteroatoms. The third kappa shape index (κ3) is 4.04. The maximum Gasteiger partial charge on any atom is 0.322 e. The van der Waals surface area contributed by atoms with Gasteiger partial charge < -0.3 is 16.2 Å². The molecule has 23 heavy (non-hydrogen) atoms. The highest BCUT2D eigenvalue weighted by atomic mass is 19.1. The zero-order valence-corrected chi connectivity index (χ0v) is 13.0. The Morgan fingerprint density at radius 2 is 2.22 bits per heavy atom. The number of carboxylic acid groups (broad SMARTS) is 1. The van der Waals surface area contributed by atoms with Gasteiger partial charge in [-0.05, 0) is 30.7 Å². The van der Waals surface area contributed by atoms with Gasteiger partial charge in [-0.25, -0.2) is 9.40 Å². The first kappa shape index (κ1) is 17.3. The van der Waals surface area contributed by atoms with Crippen molar-refractivity contribution in [2.75, 3.05) is 20.1 Å². The van der Waals surface area contributed by atoms with Crippen LogP contribution in [0.1, 0.15) is 28.8 Å². The van der Waals surface area contributed by atoms with Crippen LogP contribution in [-0.4, -0.2) is 54.2 Å². The van der Waals surface area contributed by atoms with Crippen LogP contribution in [0.4, 0.5) is 4.39 Å². The Labute approximate surface area is 133 Å². The Bertz CT molecular complexity index is 610. The van der Waals surface area contributed by atoms with Crippen LogP contribution >= 0.6 is 0 Å². The molecule has 126 valence electrons. The zero-order valence-electron chi connectivity index (χ0n) is 13.0. The summed E-state index contributed by atoms with van der Waals surface area (Å²) in [7, 11) is 1.91. The summed E-state index contributed by atoms with van der Waals surface area (Å²) in [5, 5.41) is 13.1. The molecule has 1 aromatic carbocycles. The molecule has 1 heterocycles. The van der Waals surface area contributed by atoms with Gasteiger partial charge in [0.15, 0.2) is 0 Å². The summed E-state index contributed by atoms with van der Waals surface area (Å²) in [4.78, 5) is 22.7. The van der Waals surface area contributed by atoms with Gasteiger partial charge in [0.25, 0.3) is 5.91 Å². The van der Waals surface area contributed by atoms with E-state index in [2.05, 4.69) is 10.7 Å². The molecular weight excluding hydrogens is 303 g/mol. The number of amides is 1. The molecule has 5 N–H and O–H groups in total. The van der Waals surface area contributed by atoms with Gasteiger partial charge in [0.05, 0.1) is 0 Å². The summed E-state index contributed by atoms with van der Waals surface area (Å²) < 4.78 is 13.9. The van der Waals surface area contributed by atoms with Crippen LogP contribution in [0.5, 0.6) is 0 Å². The van der Waals surface area contributed by atoms with Gasteiger partial charge in [0.1, 0.15) is 11.9 Å². The van der Waals surface area contributed by atoms with Crippen LogP contribution in [0.25, 0.3) is 0 Å². The number of hydrazine groups is 1. The van der Waals surface area contributed by atoms with Gasteiger partial charge in [-0.3, -0.25) is 15.0 Å². The van der Waals surface area contributed by atoms with Crippen molar-refractivity contribution in [3.63, 3.8) is 0 Å². The quantitative estimate of drug-likeness (QED) is 0.602. The summed E-state index contributed by atoms with van der Waals surface area (Å²) in [5.41, 5.74) is 9.38. The summed E-state index contributed by atoms with van der Waals surface area (Å²) in [6.07, 6.45) is 0. The third-order valence-electron chi connectivity index (χ3n) is 4.16. The summed E-state index contributed by atoms with van der Waals surface area (Å²) in [6, 6.07) is 3.14. The van der Waals surface area contributed by atoms with Crippen LogP contribution in [0.15, 0.2) is 18.2 Å². The molecule has 2 rings (SSSR count). The second-order valence-electron chi connectivity index (χ2n) is 5.75. The SMILES string of the molecule is CC1C(c2cc(F)cc(C(=O)NC[C@@H](N)C(=O)O)c2)CNN1C. The maximum atomic E-state index is 13.9. The fourth-order valence-electron chi connectivity index (χ4n) is 2.57. The molecule has 0 aliphatic carbocycles. The number of hydrogen-bond acceptors (Lipinski definition) is 5. The van der Waals surface area contributed by atoms with Crippen molar-refractivity contribution >= 4 is 11.9 Å². The zero-order chi connectivity index (χ0) is 17.1. The first-order valence-corrected chi connectivity index (χ1v) is 7.33. The number of benzene rings is 1. The number of nitrogens with zero attached hydrogens (tertiary/aromatic N) is 1. The number of nitrogens with two attached hydrogens (primary N) is 1. The molecule has 7 nitrogen and oxygen atoms in total. The lowest BCUT2D eigenvalue weighted by molar-refractivity contribution is -0.138. The van der Waals surface area contributed by atoms with Crippen molar-refractivity contribution in [1.29, 1.82) is 0 Å². The molecular formula is C15H21FN4O3. The number of halogens is 1. The van der Waals surface area contributed by atoms with Gasteiger partial charge >= 0.3 is 5.97 Å². The average Bonchev–Trinajstić information content (AvgIpc) is 2.83. The highest BCUT2D eigenvalue weighted by molar-refractivity contribution is 5.94. The number of likely N-dealkylation sites (N-methyl/N-ethyl adjacent to an activating group) is 1. The summed E-state index contributed by atoms with van der Waals surface area (Å²) in [6.45, 7) is 2.46. The Morgan fingerprint density at radius 1 is 1.52 bits per heavy atom. The lowest BCUT2D eigenvalue weighted by Crippen LogP contribution is -2.42. The topological polar surface area (TPSA) is 108 Å². The van der Waals surface area contributed by atoms with Crippen molar-refractivity contribution in [1.82, 2.24) is 15.8 Å². The summed E-state index contributed by atoms with van der Waals surface area (Å²) in [5.74, 6) is -2.20. The Kier molecular flexibility index (Phi) is 5.30. The second kappa shape index (κ2) is 7.03. The molecule has 1 aliphatic heterocycles. The van der Waals surface area contributed by atoms with E-state index in [1.54, 1.807) is 6.07 Å². The number of aliphatic carboxylic acids is 1. The second-order valence-corrected chi connectivity index (χ2v) is 5.75. The van der Waals surface area contributed by atoms with Gasteiger partial charge in [-0.1, -0.05) is 0 Å². The number of carbonyl (C=O) groups is 2. The van der Waals surface area contributed by atoms with Crippen molar-refractivity contribution in [3.05, 3.63) is 35.1 Å². The minimum absolute atomic E-state index is 0.0588. The van der Waals surface area contributed by atoms with E-state index < -0.39 is 23.7 Å². The molecule has 0 aromatic heterocycles. The van der Waals surface area contributed by atoms with E-state index >= 15 is 0 Å². The van der Waals surface area contributed by atoms with Crippen molar-refractivity contribution in [3.8, 4) is 0 Å². The smallest absolute Gasteiger partial charge is 0.322 e. The van der Waals surface area contributed by atoms with Crippen molar-refractivity contribution in [2.45, 2.75) is 24.9 Å². The highest BCUT2D eigenvalue weighted by Crippen LogP contribution is 2.27. The number of nitrogens with one attached hydrogen (secondary N) is 2. The highest BCUT2D eigenvalue weighted by Gasteiger charge is 2.30. The van der Waals surface area contributed by atoms with Gasteiger partial charge in [-0.15, -0.1) is 0 Å². The number of rotatable bonds is 5. The normalized spacial score (nSPS) is 22.8.